The standard InChI is InChI=1S/C23H15ClFNO4/c24-16-7-3-9-18(12-16)29-23(28)15-6-1-4-13(10-15)19-20(27)21(30-22(19)26)14-5-2-8-17(25)11-14/h1-12,27H,26H2. The molecule has 0 atom stereocenters. The van der Waals surface area contributed by atoms with Gasteiger partial charge in [-0.05, 0) is 48.0 Å². The molecule has 3 aromatic carbocycles. The molecule has 0 fully saturated rings. The van der Waals surface area contributed by atoms with Crippen LogP contribution in [0.25, 0.3) is 22.5 Å². The summed E-state index contributed by atoms with van der Waals surface area (Å²) >= 11 is 5.91. The molecular formula is C23H15ClFNO4. The lowest BCUT2D eigenvalue weighted by atomic mass is 10.0. The molecule has 0 saturated heterocycles. The normalized spacial score (nSPS) is 10.7. The van der Waals surface area contributed by atoms with Crippen LogP contribution in [0.1, 0.15) is 10.4 Å². The van der Waals surface area contributed by atoms with Gasteiger partial charge in [-0.1, -0.05) is 41.9 Å². The van der Waals surface area contributed by atoms with Gasteiger partial charge >= 0.3 is 5.97 Å². The van der Waals surface area contributed by atoms with Gasteiger partial charge in [-0.25, -0.2) is 9.18 Å². The molecule has 1 heterocycles. The van der Waals surface area contributed by atoms with Gasteiger partial charge in [0.15, 0.2) is 11.5 Å². The van der Waals surface area contributed by atoms with Crippen molar-refractivity contribution in [2.75, 3.05) is 5.73 Å². The highest BCUT2D eigenvalue weighted by Crippen LogP contribution is 2.45. The van der Waals surface area contributed by atoms with Gasteiger partial charge in [-0.2, -0.15) is 0 Å². The first kappa shape index (κ1) is 19.5. The highest BCUT2D eigenvalue weighted by molar-refractivity contribution is 6.30. The summed E-state index contributed by atoms with van der Waals surface area (Å²) in [5, 5.41) is 11.1. The van der Waals surface area contributed by atoms with Crippen LogP contribution in [0.2, 0.25) is 5.02 Å². The second-order valence-electron chi connectivity index (χ2n) is 6.46. The van der Waals surface area contributed by atoms with E-state index in [0.29, 0.717) is 21.9 Å². The first-order valence-electron chi connectivity index (χ1n) is 8.87. The van der Waals surface area contributed by atoms with Crippen LogP contribution >= 0.6 is 11.6 Å². The molecule has 30 heavy (non-hydrogen) atoms. The van der Waals surface area contributed by atoms with Crippen molar-refractivity contribution < 1.29 is 23.4 Å². The van der Waals surface area contributed by atoms with E-state index in [2.05, 4.69) is 0 Å². The van der Waals surface area contributed by atoms with E-state index in [0.717, 1.165) is 0 Å². The first-order chi connectivity index (χ1) is 14.4. The number of carbonyl (C=O) groups is 1. The van der Waals surface area contributed by atoms with E-state index in [4.69, 9.17) is 26.5 Å². The van der Waals surface area contributed by atoms with Crippen molar-refractivity contribution >= 4 is 23.5 Å². The second kappa shape index (κ2) is 7.93. The van der Waals surface area contributed by atoms with Crippen LogP contribution in [0.3, 0.4) is 0 Å². The highest BCUT2D eigenvalue weighted by atomic mass is 35.5. The summed E-state index contributed by atoms with van der Waals surface area (Å²) in [5.74, 6) is -1.06. The van der Waals surface area contributed by atoms with Crippen LogP contribution in [0, 0.1) is 5.82 Å². The number of halogens is 2. The summed E-state index contributed by atoms with van der Waals surface area (Å²) in [4.78, 5) is 12.5. The minimum Gasteiger partial charge on any atom is -0.504 e. The molecule has 4 rings (SSSR count). The average molecular weight is 424 g/mol. The van der Waals surface area contributed by atoms with Crippen molar-refractivity contribution in [1.29, 1.82) is 0 Å². The second-order valence-corrected chi connectivity index (χ2v) is 6.89. The predicted octanol–water partition coefficient (Wildman–Crippen LogP) is 5.91. The summed E-state index contributed by atoms with van der Waals surface area (Å²) in [6.45, 7) is 0. The molecule has 0 spiro atoms. The molecule has 0 aliphatic heterocycles. The van der Waals surface area contributed by atoms with Crippen LogP contribution in [0.5, 0.6) is 11.5 Å². The Bertz CT molecular complexity index is 1250. The van der Waals surface area contributed by atoms with Gasteiger partial charge < -0.3 is 20.0 Å². The summed E-state index contributed by atoms with van der Waals surface area (Å²) in [6, 6.07) is 18.4. The Labute approximate surface area is 176 Å². The number of aromatic hydroxyl groups is 1. The Morgan fingerprint density at radius 3 is 2.50 bits per heavy atom. The van der Waals surface area contributed by atoms with Gasteiger partial charge in [0.2, 0.25) is 5.88 Å². The van der Waals surface area contributed by atoms with Crippen LogP contribution in [0.15, 0.2) is 77.2 Å². The largest absolute Gasteiger partial charge is 0.504 e. The molecule has 5 nitrogen and oxygen atoms in total. The number of ether oxygens (including phenoxy) is 1. The van der Waals surface area contributed by atoms with Crippen molar-refractivity contribution in [1.82, 2.24) is 0 Å². The van der Waals surface area contributed by atoms with E-state index >= 15 is 0 Å². The van der Waals surface area contributed by atoms with Gasteiger partial charge in [0.1, 0.15) is 11.6 Å². The topological polar surface area (TPSA) is 85.7 Å². The van der Waals surface area contributed by atoms with E-state index in [1.165, 1.54) is 30.3 Å². The smallest absolute Gasteiger partial charge is 0.343 e. The molecule has 0 unspecified atom stereocenters. The first-order valence-corrected chi connectivity index (χ1v) is 9.25. The molecule has 150 valence electrons. The van der Waals surface area contributed by atoms with E-state index < -0.39 is 11.8 Å². The molecule has 1 aromatic heterocycles. The molecule has 4 aromatic rings. The van der Waals surface area contributed by atoms with E-state index in [1.807, 2.05) is 0 Å². The maximum Gasteiger partial charge on any atom is 0.343 e. The third-order valence-corrected chi connectivity index (χ3v) is 4.63. The summed E-state index contributed by atoms with van der Waals surface area (Å²) in [7, 11) is 0. The number of nitrogens with two attached hydrogens (primary N) is 1. The van der Waals surface area contributed by atoms with Gasteiger partial charge in [0.05, 0.1) is 11.1 Å². The fourth-order valence-electron chi connectivity index (χ4n) is 3.04. The van der Waals surface area contributed by atoms with Gasteiger partial charge in [-0.3, -0.25) is 0 Å². The molecule has 7 heteroatoms. The lowest BCUT2D eigenvalue weighted by Gasteiger charge is -2.07. The quantitative estimate of drug-likeness (QED) is 0.314. The Kier molecular flexibility index (Phi) is 5.16. The lowest BCUT2D eigenvalue weighted by Crippen LogP contribution is -2.08. The number of anilines is 1. The Morgan fingerprint density at radius 1 is 1.00 bits per heavy atom. The number of rotatable bonds is 4. The zero-order chi connectivity index (χ0) is 21.3. The number of carbonyl (C=O) groups excluding carboxylic acids is 1. The Hall–Kier alpha value is -3.77. The number of nitrogen functional groups attached to an aromatic ring is 1. The molecular weight excluding hydrogens is 409 g/mol. The fourth-order valence-corrected chi connectivity index (χ4v) is 3.22. The zero-order valence-electron chi connectivity index (χ0n) is 15.4. The van der Waals surface area contributed by atoms with Crippen molar-refractivity contribution in [3.8, 4) is 33.9 Å². The summed E-state index contributed by atoms with van der Waals surface area (Å²) in [5.41, 5.74) is 7.18. The summed E-state index contributed by atoms with van der Waals surface area (Å²) in [6.07, 6.45) is 0. The predicted molar refractivity (Wildman–Crippen MR) is 112 cm³/mol. The number of hydrogen-bond donors (Lipinski definition) is 2. The third-order valence-electron chi connectivity index (χ3n) is 4.39. The zero-order valence-corrected chi connectivity index (χ0v) is 16.2. The van der Waals surface area contributed by atoms with E-state index in [9.17, 15) is 14.3 Å². The van der Waals surface area contributed by atoms with Crippen LogP contribution in [-0.4, -0.2) is 11.1 Å². The molecule has 0 aliphatic carbocycles. The van der Waals surface area contributed by atoms with Gasteiger partial charge in [-0.15, -0.1) is 0 Å². The van der Waals surface area contributed by atoms with Crippen molar-refractivity contribution in [2.45, 2.75) is 0 Å². The third kappa shape index (κ3) is 3.86. The maximum atomic E-state index is 13.5. The number of esters is 1. The van der Waals surface area contributed by atoms with Crippen molar-refractivity contribution in [3.05, 3.63) is 89.2 Å². The maximum absolute atomic E-state index is 13.5. The molecule has 0 radical (unpaired) electrons. The Balaban J connectivity index is 1.68. The SMILES string of the molecule is Nc1oc(-c2cccc(F)c2)c(O)c1-c1cccc(C(=O)Oc2cccc(Cl)c2)c1. The number of benzene rings is 3. The monoisotopic (exact) mass is 423 g/mol. The lowest BCUT2D eigenvalue weighted by molar-refractivity contribution is 0.0735. The molecule has 3 N–H and O–H groups in total. The van der Waals surface area contributed by atoms with Crippen molar-refractivity contribution in [2.24, 2.45) is 0 Å². The number of furan rings is 1. The average Bonchev–Trinajstić information content (AvgIpc) is 3.02. The molecule has 0 saturated carbocycles. The van der Waals surface area contributed by atoms with Crippen LogP contribution in [0.4, 0.5) is 10.3 Å². The number of hydrogen-bond acceptors (Lipinski definition) is 5. The van der Waals surface area contributed by atoms with Crippen LogP contribution in [-0.2, 0) is 0 Å². The van der Waals surface area contributed by atoms with Crippen LogP contribution < -0.4 is 10.5 Å². The van der Waals surface area contributed by atoms with Gasteiger partial charge in [0.25, 0.3) is 0 Å². The van der Waals surface area contributed by atoms with Gasteiger partial charge in [0, 0.05) is 10.6 Å². The highest BCUT2D eigenvalue weighted by Gasteiger charge is 2.22. The summed E-state index contributed by atoms with van der Waals surface area (Å²) < 4.78 is 24.4. The van der Waals surface area contributed by atoms with Crippen molar-refractivity contribution in [3.63, 3.8) is 0 Å². The minimum atomic E-state index is -0.606. The minimum absolute atomic E-state index is 0.0360. The molecule has 0 amide bonds. The van der Waals surface area contributed by atoms with E-state index in [-0.39, 0.29) is 28.5 Å². The van der Waals surface area contributed by atoms with E-state index in [1.54, 1.807) is 42.5 Å². The Morgan fingerprint density at radius 2 is 1.73 bits per heavy atom. The molecule has 0 aliphatic rings. The fraction of sp³-hybridized carbons (Fsp3) is 0. The molecule has 0 bridgehead atoms.